The fourth-order valence-corrected chi connectivity index (χ4v) is 1.22. The lowest BCUT2D eigenvalue weighted by Gasteiger charge is -2.07. The molecule has 0 aromatic carbocycles. The summed E-state index contributed by atoms with van der Waals surface area (Å²) in [6.07, 6.45) is -3.01. The molecule has 15 heavy (non-hydrogen) atoms. The van der Waals surface area contributed by atoms with Crippen molar-refractivity contribution in [1.82, 2.24) is 10.3 Å². The van der Waals surface area contributed by atoms with Crippen LogP contribution in [-0.2, 0) is 12.6 Å². The number of halogens is 3. The van der Waals surface area contributed by atoms with E-state index in [4.69, 9.17) is 0 Å². The van der Waals surface area contributed by atoms with E-state index in [0.717, 1.165) is 19.0 Å². The fraction of sp³-hybridized carbons (Fsp3) is 0.500. The highest BCUT2D eigenvalue weighted by molar-refractivity contribution is 5.13. The molecule has 1 heterocycles. The molecule has 84 valence electrons. The van der Waals surface area contributed by atoms with Crippen molar-refractivity contribution in [2.24, 2.45) is 0 Å². The third-order valence-corrected chi connectivity index (χ3v) is 1.96. The van der Waals surface area contributed by atoms with E-state index in [1.54, 1.807) is 13.1 Å². The maximum Gasteiger partial charge on any atom is 0.433 e. The lowest BCUT2D eigenvalue weighted by atomic mass is 10.2. The molecule has 0 spiro atoms. The zero-order valence-corrected chi connectivity index (χ0v) is 8.43. The number of nitrogens with one attached hydrogen (secondary N) is 1. The normalized spacial score (nSPS) is 11.7. The minimum Gasteiger partial charge on any atom is -0.320 e. The van der Waals surface area contributed by atoms with Crippen LogP contribution in [-0.4, -0.2) is 18.6 Å². The highest BCUT2D eigenvalue weighted by atomic mass is 19.4. The molecular formula is C10H13F3N2. The summed E-state index contributed by atoms with van der Waals surface area (Å²) in [4.78, 5) is 3.56. The lowest BCUT2D eigenvalue weighted by molar-refractivity contribution is -0.141. The molecule has 0 aliphatic carbocycles. The minimum atomic E-state index is -4.35. The second-order valence-corrected chi connectivity index (χ2v) is 3.22. The molecule has 1 N–H and O–H groups in total. The SMILES string of the molecule is CNCCCc1cccc(C(F)(F)F)n1. The lowest BCUT2D eigenvalue weighted by Crippen LogP contribution is -2.11. The Balaban J connectivity index is 2.66. The fourth-order valence-electron chi connectivity index (χ4n) is 1.22. The van der Waals surface area contributed by atoms with Gasteiger partial charge >= 0.3 is 6.18 Å². The van der Waals surface area contributed by atoms with Gasteiger partial charge in [-0.2, -0.15) is 13.2 Å². The molecule has 1 aromatic rings. The van der Waals surface area contributed by atoms with Crippen LogP contribution in [0.15, 0.2) is 18.2 Å². The van der Waals surface area contributed by atoms with E-state index in [0.29, 0.717) is 12.1 Å². The smallest absolute Gasteiger partial charge is 0.320 e. The van der Waals surface area contributed by atoms with Gasteiger partial charge < -0.3 is 5.32 Å². The first-order valence-electron chi connectivity index (χ1n) is 4.72. The third-order valence-electron chi connectivity index (χ3n) is 1.96. The number of hydrogen-bond acceptors (Lipinski definition) is 2. The Morgan fingerprint density at radius 1 is 1.33 bits per heavy atom. The van der Waals surface area contributed by atoms with E-state index in [-0.39, 0.29) is 0 Å². The van der Waals surface area contributed by atoms with Crippen molar-refractivity contribution in [2.45, 2.75) is 19.0 Å². The third kappa shape index (κ3) is 3.87. The van der Waals surface area contributed by atoms with E-state index in [2.05, 4.69) is 10.3 Å². The van der Waals surface area contributed by atoms with E-state index in [9.17, 15) is 13.2 Å². The van der Waals surface area contributed by atoms with E-state index < -0.39 is 11.9 Å². The van der Waals surface area contributed by atoms with Gasteiger partial charge in [0.15, 0.2) is 0 Å². The second-order valence-electron chi connectivity index (χ2n) is 3.22. The molecule has 0 atom stereocenters. The van der Waals surface area contributed by atoms with Crippen LogP contribution >= 0.6 is 0 Å². The topological polar surface area (TPSA) is 24.9 Å². The predicted molar refractivity (Wildman–Crippen MR) is 51.5 cm³/mol. The molecule has 1 aromatic heterocycles. The van der Waals surface area contributed by atoms with Crippen molar-refractivity contribution in [3.8, 4) is 0 Å². The Morgan fingerprint density at radius 2 is 2.07 bits per heavy atom. The summed E-state index contributed by atoms with van der Waals surface area (Å²) in [5.41, 5.74) is -0.329. The van der Waals surface area contributed by atoms with Gasteiger partial charge in [-0.25, -0.2) is 4.98 Å². The number of hydrogen-bond donors (Lipinski definition) is 1. The highest BCUT2D eigenvalue weighted by Gasteiger charge is 2.32. The largest absolute Gasteiger partial charge is 0.433 e. The van der Waals surface area contributed by atoms with Gasteiger partial charge in [0, 0.05) is 5.69 Å². The summed E-state index contributed by atoms with van der Waals surface area (Å²) in [6.45, 7) is 0.776. The summed E-state index contributed by atoms with van der Waals surface area (Å²) < 4.78 is 36.8. The molecule has 0 radical (unpaired) electrons. The Kier molecular flexibility index (Phi) is 4.08. The van der Waals surface area contributed by atoms with Crippen LogP contribution in [0.3, 0.4) is 0 Å². The summed E-state index contributed by atoms with van der Waals surface area (Å²) in [5, 5.41) is 2.93. The van der Waals surface area contributed by atoms with Gasteiger partial charge in [0.25, 0.3) is 0 Å². The van der Waals surface area contributed by atoms with Crippen LogP contribution in [0.4, 0.5) is 13.2 Å². The van der Waals surface area contributed by atoms with Crippen LogP contribution in [0, 0.1) is 0 Å². The number of aromatic nitrogens is 1. The minimum absolute atomic E-state index is 0.486. The molecule has 0 aliphatic heterocycles. The van der Waals surface area contributed by atoms with Gasteiger partial charge in [-0.05, 0) is 38.6 Å². The first kappa shape index (κ1) is 12.0. The van der Waals surface area contributed by atoms with Crippen molar-refractivity contribution in [3.63, 3.8) is 0 Å². The van der Waals surface area contributed by atoms with Crippen LogP contribution in [0.2, 0.25) is 0 Å². The standard InChI is InChI=1S/C10H13F3N2/c1-14-7-3-5-8-4-2-6-9(15-8)10(11,12)13/h2,4,6,14H,3,5,7H2,1H3. The number of rotatable bonds is 4. The highest BCUT2D eigenvalue weighted by Crippen LogP contribution is 2.27. The first-order valence-corrected chi connectivity index (χ1v) is 4.72. The zero-order valence-electron chi connectivity index (χ0n) is 8.43. The number of alkyl halides is 3. The van der Waals surface area contributed by atoms with Gasteiger partial charge in [-0.3, -0.25) is 0 Å². The molecule has 0 unspecified atom stereocenters. The maximum absolute atomic E-state index is 12.3. The monoisotopic (exact) mass is 218 g/mol. The molecule has 2 nitrogen and oxygen atoms in total. The van der Waals surface area contributed by atoms with Crippen LogP contribution in [0.1, 0.15) is 17.8 Å². The second kappa shape index (κ2) is 5.11. The first-order chi connectivity index (χ1) is 7.04. The van der Waals surface area contributed by atoms with Crippen molar-refractivity contribution < 1.29 is 13.2 Å². The zero-order chi connectivity index (χ0) is 11.3. The molecule has 0 bridgehead atoms. The van der Waals surface area contributed by atoms with Crippen LogP contribution in [0.25, 0.3) is 0 Å². The Bertz CT molecular complexity index is 310. The van der Waals surface area contributed by atoms with Gasteiger partial charge in [0.1, 0.15) is 5.69 Å². The Morgan fingerprint density at radius 3 is 2.67 bits per heavy atom. The summed E-state index contributed by atoms with van der Waals surface area (Å²) >= 11 is 0. The molecule has 1 rings (SSSR count). The molecule has 0 saturated heterocycles. The van der Waals surface area contributed by atoms with Crippen molar-refractivity contribution in [1.29, 1.82) is 0 Å². The van der Waals surface area contributed by atoms with Crippen molar-refractivity contribution in [3.05, 3.63) is 29.6 Å². The quantitative estimate of drug-likeness (QED) is 0.784. The van der Waals surface area contributed by atoms with Gasteiger partial charge in [0.05, 0.1) is 0 Å². The van der Waals surface area contributed by atoms with E-state index in [1.807, 2.05) is 0 Å². The number of aryl methyl sites for hydroxylation is 1. The van der Waals surface area contributed by atoms with Crippen LogP contribution < -0.4 is 5.32 Å². The summed E-state index contributed by atoms with van der Waals surface area (Å²) in [6, 6.07) is 4.00. The Labute approximate surface area is 86.5 Å². The molecule has 5 heteroatoms. The molecule has 0 fully saturated rings. The van der Waals surface area contributed by atoms with Crippen molar-refractivity contribution in [2.75, 3.05) is 13.6 Å². The summed E-state index contributed by atoms with van der Waals surface area (Å²) in [7, 11) is 1.81. The van der Waals surface area contributed by atoms with Gasteiger partial charge in [-0.1, -0.05) is 6.07 Å². The maximum atomic E-state index is 12.3. The molecular weight excluding hydrogens is 205 g/mol. The number of pyridine rings is 1. The molecule has 0 saturated carbocycles. The van der Waals surface area contributed by atoms with Crippen molar-refractivity contribution >= 4 is 0 Å². The van der Waals surface area contributed by atoms with Crippen LogP contribution in [0.5, 0.6) is 0 Å². The average molecular weight is 218 g/mol. The summed E-state index contributed by atoms with van der Waals surface area (Å²) in [5.74, 6) is 0. The van der Waals surface area contributed by atoms with Gasteiger partial charge in [0.2, 0.25) is 0 Å². The Hall–Kier alpha value is -1.10. The predicted octanol–water partition coefficient (Wildman–Crippen LogP) is 2.25. The molecule has 0 amide bonds. The number of nitrogens with zero attached hydrogens (tertiary/aromatic N) is 1. The molecule has 0 aliphatic rings. The van der Waals surface area contributed by atoms with E-state index >= 15 is 0 Å². The van der Waals surface area contributed by atoms with Gasteiger partial charge in [-0.15, -0.1) is 0 Å². The van der Waals surface area contributed by atoms with E-state index in [1.165, 1.54) is 6.07 Å². The average Bonchev–Trinajstić information content (AvgIpc) is 2.17.